The van der Waals surface area contributed by atoms with E-state index in [1.54, 1.807) is 6.26 Å². The number of benzene rings is 1. The van der Waals surface area contributed by atoms with Crippen LogP contribution >= 0.6 is 0 Å². The summed E-state index contributed by atoms with van der Waals surface area (Å²) in [6, 6.07) is 9.62. The van der Waals surface area contributed by atoms with E-state index >= 15 is 0 Å². The molecule has 0 saturated carbocycles. The van der Waals surface area contributed by atoms with Crippen LogP contribution in [0.25, 0.3) is 0 Å². The Morgan fingerprint density at radius 1 is 1.35 bits per heavy atom. The minimum Gasteiger partial charge on any atom is -0.467 e. The van der Waals surface area contributed by atoms with Gasteiger partial charge in [-0.05, 0) is 42.8 Å². The van der Waals surface area contributed by atoms with Gasteiger partial charge in [0.25, 0.3) is 0 Å². The lowest BCUT2D eigenvalue weighted by molar-refractivity contribution is 0.112. The molecule has 0 aliphatic heterocycles. The lowest BCUT2D eigenvalue weighted by Crippen LogP contribution is -2.16. The third-order valence-electron chi connectivity index (χ3n) is 2.79. The Bertz CT molecular complexity index is 503. The number of carbonyl (C=O) groups excluding carboxylic acids is 1. The van der Waals surface area contributed by atoms with E-state index in [2.05, 4.69) is 4.90 Å². The maximum atomic E-state index is 10.7. The van der Waals surface area contributed by atoms with E-state index in [9.17, 15) is 4.79 Å². The van der Waals surface area contributed by atoms with E-state index in [1.165, 1.54) is 0 Å². The van der Waals surface area contributed by atoms with Crippen LogP contribution in [0.15, 0.2) is 41.0 Å². The first-order valence-corrected chi connectivity index (χ1v) is 5.50. The smallest absolute Gasteiger partial charge is 0.150 e. The summed E-state index contributed by atoms with van der Waals surface area (Å²) in [6.07, 6.45) is 2.55. The molecule has 2 rings (SSSR count). The highest BCUT2D eigenvalue weighted by Gasteiger charge is 2.05. The molecule has 0 radical (unpaired) electrons. The summed E-state index contributed by atoms with van der Waals surface area (Å²) in [5.41, 5.74) is 2.80. The average Bonchev–Trinajstić information content (AvgIpc) is 2.81. The number of hydrogen-bond acceptors (Lipinski definition) is 3. The monoisotopic (exact) mass is 229 g/mol. The van der Waals surface area contributed by atoms with Gasteiger partial charge in [0.15, 0.2) is 0 Å². The van der Waals surface area contributed by atoms with Crippen molar-refractivity contribution in [3.63, 3.8) is 0 Å². The molecule has 0 saturated heterocycles. The van der Waals surface area contributed by atoms with E-state index in [0.29, 0.717) is 6.54 Å². The Morgan fingerprint density at radius 3 is 2.76 bits per heavy atom. The predicted molar refractivity (Wildman–Crippen MR) is 67.4 cm³/mol. The van der Waals surface area contributed by atoms with Crippen LogP contribution in [0.5, 0.6) is 0 Å². The van der Waals surface area contributed by atoms with Crippen LogP contribution in [-0.4, -0.2) is 13.3 Å². The van der Waals surface area contributed by atoms with E-state index in [4.69, 9.17) is 4.42 Å². The Hall–Kier alpha value is -2.03. The van der Waals surface area contributed by atoms with Crippen molar-refractivity contribution in [2.45, 2.75) is 13.5 Å². The number of anilines is 1. The highest BCUT2D eigenvalue weighted by molar-refractivity contribution is 5.78. The summed E-state index contributed by atoms with van der Waals surface area (Å²) < 4.78 is 5.30. The summed E-state index contributed by atoms with van der Waals surface area (Å²) in [6.45, 7) is 2.65. The third kappa shape index (κ3) is 2.56. The van der Waals surface area contributed by atoms with Crippen molar-refractivity contribution in [3.05, 3.63) is 53.5 Å². The van der Waals surface area contributed by atoms with Crippen LogP contribution in [-0.2, 0) is 6.54 Å². The fourth-order valence-corrected chi connectivity index (χ4v) is 1.76. The molecule has 1 aromatic carbocycles. The Balaban J connectivity index is 2.16. The Labute approximate surface area is 101 Å². The zero-order valence-electron chi connectivity index (χ0n) is 10.0. The van der Waals surface area contributed by atoms with Crippen molar-refractivity contribution < 1.29 is 9.21 Å². The second kappa shape index (κ2) is 4.87. The van der Waals surface area contributed by atoms with Gasteiger partial charge in [-0.2, -0.15) is 0 Å². The highest BCUT2D eigenvalue weighted by atomic mass is 16.3. The molecule has 0 aliphatic rings. The summed E-state index contributed by atoms with van der Waals surface area (Å²) in [5.74, 6) is 0.921. The van der Waals surface area contributed by atoms with Gasteiger partial charge in [0.05, 0.1) is 12.8 Å². The first-order valence-electron chi connectivity index (χ1n) is 5.50. The minimum atomic E-state index is 0.715. The van der Waals surface area contributed by atoms with Crippen molar-refractivity contribution >= 4 is 12.0 Å². The molecule has 0 N–H and O–H groups in total. The van der Waals surface area contributed by atoms with E-state index in [-0.39, 0.29) is 0 Å². The highest BCUT2D eigenvalue weighted by Crippen LogP contribution is 2.19. The number of aldehydes is 1. The molecule has 0 amide bonds. The van der Waals surface area contributed by atoms with Gasteiger partial charge in [-0.3, -0.25) is 4.79 Å². The van der Waals surface area contributed by atoms with E-state index in [0.717, 1.165) is 28.9 Å². The van der Waals surface area contributed by atoms with Crippen LogP contribution in [0.4, 0.5) is 5.69 Å². The van der Waals surface area contributed by atoms with Crippen LogP contribution in [0, 0.1) is 6.92 Å². The van der Waals surface area contributed by atoms with E-state index in [1.807, 2.05) is 44.3 Å². The molecule has 3 nitrogen and oxygen atoms in total. The van der Waals surface area contributed by atoms with Crippen LogP contribution in [0.3, 0.4) is 0 Å². The van der Waals surface area contributed by atoms with Crippen molar-refractivity contribution in [1.82, 2.24) is 0 Å². The van der Waals surface area contributed by atoms with Crippen molar-refractivity contribution in [1.29, 1.82) is 0 Å². The van der Waals surface area contributed by atoms with Gasteiger partial charge in [-0.1, -0.05) is 0 Å². The second-order valence-corrected chi connectivity index (χ2v) is 4.09. The molecule has 88 valence electrons. The summed E-state index contributed by atoms with van der Waals surface area (Å²) in [5, 5.41) is 0. The molecule has 0 fully saturated rings. The Kier molecular flexibility index (Phi) is 3.28. The number of rotatable bonds is 4. The zero-order chi connectivity index (χ0) is 12.3. The molecule has 2 aromatic rings. The fourth-order valence-electron chi connectivity index (χ4n) is 1.76. The van der Waals surface area contributed by atoms with Crippen molar-refractivity contribution in [2.24, 2.45) is 0 Å². The van der Waals surface area contributed by atoms with Gasteiger partial charge in [0.2, 0.25) is 0 Å². The summed E-state index contributed by atoms with van der Waals surface area (Å²) in [4.78, 5) is 12.8. The number of carbonyl (C=O) groups is 1. The Morgan fingerprint density at radius 2 is 2.18 bits per heavy atom. The first-order chi connectivity index (χ1) is 8.20. The van der Waals surface area contributed by atoms with Crippen molar-refractivity contribution in [3.8, 4) is 0 Å². The molecule has 0 atom stereocenters. The lowest BCUT2D eigenvalue weighted by atomic mass is 10.1. The van der Waals surface area contributed by atoms with Gasteiger partial charge < -0.3 is 9.32 Å². The first kappa shape index (κ1) is 11.5. The fraction of sp³-hybridized carbons (Fsp3) is 0.214. The number of aryl methyl sites for hydroxylation is 1. The van der Waals surface area contributed by atoms with Crippen molar-refractivity contribution in [2.75, 3.05) is 11.9 Å². The molecule has 0 spiro atoms. The number of hydrogen-bond donors (Lipinski definition) is 0. The van der Waals surface area contributed by atoms with Gasteiger partial charge >= 0.3 is 0 Å². The lowest BCUT2D eigenvalue weighted by Gasteiger charge is -2.18. The largest absolute Gasteiger partial charge is 0.467 e. The molecule has 0 aliphatic carbocycles. The quantitative estimate of drug-likeness (QED) is 0.755. The molecule has 17 heavy (non-hydrogen) atoms. The maximum Gasteiger partial charge on any atom is 0.150 e. The standard InChI is InChI=1S/C14H15NO2/c1-11-8-13(6-5-12(11)10-16)15(2)9-14-4-3-7-17-14/h3-8,10H,9H2,1-2H3. The van der Waals surface area contributed by atoms with Gasteiger partial charge in [0.1, 0.15) is 12.0 Å². The predicted octanol–water partition coefficient (Wildman–Crippen LogP) is 3.04. The molecular weight excluding hydrogens is 214 g/mol. The second-order valence-electron chi connectivity index (χ2n) is 4.09. The van der Waals surface area contributed by atoms with Crippen LogP contribution in [0.2, 0.25) is 0 Å². The molecular formula is C14H15NO2. The summed E-state index contributed by atoms with van der Waals surface area (Å²) >= 11 is 0. The maximum absolute atomic E-state index is 10.7. The van der Waals surface area contributed by atoms with Gasteiger partial charge in [-0.15, -0.1) is 0 Å². The van der Waals surface area contributed by atoms with Crippen LogP contribution < -0.4 is 4.90 Å². The SMILES string of the molecule is Cc1cc(N(C)Cc2ccco2)ccc1C=O. The number of nitrogens with zero attached hydrogens (tertiary/aromatic N) is 1. The molecule has 0 bridgehead atoms. The van der Waals surface area contributed by atoms with Crippen LogP contribution in [0.1, 0.15) is 21.7 Å². The molecule has 3 heteroatoms. The average molecular weight is 229 g/mol. The van der Waals surface area contributed by atoms with Gasteiger partial charge in [0, 0.05) is 18.3 Å². The minimum absolute atomic E-state index is 0.715. The third-order valence-corrected chi connectivity index (χ3v) is 2.79. The number of furan rings is 1. The molecule has 1 aromatic heterocycles. The van der Waals surface area contributed by atoms with E-state index < -0.39 is 0 Å². The molecule has 0 unspecified atom stereocenters. The zero-order valence-corrected chi connectivity index (χ0v) is 10.0. The molecule has 1 heterocycles. The van der Waals surface area contributed by atoms with Gasteiger partial charge in [-0.25, -0.2) is 0 Å². The summed E-state index contributed by atoms with van der Waals surface area (Å²) in [7, 11) is 2.00. The normalized spacial score (nSPS) is 10.2. The topological polar surface area (TPSA) is 33.5 Å².